The maximum atomic E-state index is 11.7. The van der Waals surface area contributed by atoms with Crippen molar-refractivity contribution in [3.63, 3.8) is 0 Å². The van der Waals surface area contributed by atoms with E-state index in [2.05, 4.69) is 0 Å². The summed E-state index contributed by atoms with van der Waals surface area (Å²) >= 11 is 0. The van der Waals surface area contributed by atoms with Crippen LogP contribution in [0.15, 0.2) is 12.1 Å². The second kappa shape index (κ2) is 4.56. The van der Waals surface area contributed by atoms with Gasteiger partial charge in [0.25, 0.3) is 0 Å². The first kappa shape index (κ1) is 12.2. The Hall–Kier alpha value is -2.24. The van der Waals surface area contributed by atoms with Crippen LogP contribution in [-0.4, -0.2) is 30.8 Å². The molecular formula is C12H13NO5. The van der Waals surface area contributed by atoms with Gasteiger partial charge in [-0.2, -0.15) is 0 Å². The van der Waals surface area contributed by atoms with Crippen molar-refractivity contribution in [2.24, 2.45) is 0 Å². The van der Waals surface area contributed by atoms with E-state index in [9.17, 15) is 9.59 Å². The molecule has 1 aliphatic rings. The molecule has 1 N–H and O–H groups in total. The van der Waals surface area contributed by atoms with Gasteiger partial charge in [-0.05, 0) is 18.6 Å². The van der Waals surface area contributed by atoms with E-state index in [1.165, 1.54) is 11.9 Å². The third-order valence-corrected chi connectivity index (χ3v) is 2.73. The summed E-state index contributed by atoms with van der Waals surface area (Å²) in [4.78, 5) is 23.5. The van der Waals surface area contributed by atoms with E-state index in [1.807, 2.05) is 6.92 Å². The van der Waals surface area contributed by atoms with Crippen molar-refractivity contribution in [3.05, 3.63) is 17.7 Å². The topological polar surface area (TPSA) is 76.1 Å². The Balaban J connectivity index is 2.28. The SMILES string of the molecule is Cc1cc2c(cc1N(C)C(=O)CC(=O)O)OCO2. The van der Waals surface area contributed by atoms with Crippen LogP contribution in [0, 0.1) is 6.92 Å². The summed E-state index contributed by atoms with van der Waals surface area (Å²) in [6.07, 6.45) is -0.537. The Labute approximate surface area is 104 Å². The quantitative estimate of drug-likeness (QED) is 0.816. The van der Waals surface area contributed by atoms with Crippen LogP contribution in [0.5, 0.6) is 11.5 Å². The number of nitrogens with zero attached hydrogens (tertiary/aromatic N) is 1. The van der Waals surface area contributed by atoms with Crippen molar-refractivity contribution in [2.75, 3.05) is 18.7 Å². The number of aryl methyl sites for hydroxylation is 1. The Kier molecular flexibility index (Phi) is 3.10. The van der Waals surface area contributed by atoms with Gasteiger partial charge in [0.15, 0.2) is 11.5 Å². The fourth-order valence-corrected chi connectivity index (χ4v) is 1.78. The monoisotopic (exact) mass is 251 g/mol. The molecular weight excluding hydrogens is 238 g/mol. The van der Waals surface area contributed by atoms with E-state index < -0.39 is 18.3 Å². The van der Waals surface area contributed by atoms with Gasteiger partial charge in [0.05, 0.1) is 5.69 Å². The number of ether oxygens (including phenoxy) is 2. The fourth-order valence-electron chi connectivity index (χ4n) is 1.78. The van der Waals surface area contributed by atoms with Crippen LogP contribution in [0.4, 0.5) is 5.69 Å². The molecule has 0 radical (unpaired) electrons. The molecule has 96 valence electrons. The summed E-state index contributed by atoms with van der Waals surface area (Å²) in [6.45, 7) is 1.98. The van der Waals surface area contributed by atoms with Crippen LogP contribution in [0.1, 0.15) is 12.0 Å². The fraction of sp³-hybridized carbons (Fsp3) is 0.333. The Morgan fingerprint density at radius 3 is 2.56 bits per heavy atom. The summed E-state index contributed by atoms with van der Waals surface area (Å²) < 4.78 is 10.4. The molecule has 0 atom stereocenters. The smallest absolute Gasteiger partial charge is 0.312 e. The van der Waals surface area contributed by atoms with Gasteiger partial charge in [0, 0.05) is 13.1 Å². The summed E-state index contributed by atoms with van der Waals surface area (Å²) in [5, 5.41) is 8.61. The maximum Gasteiger partial charge on any atom is 0.312 e. The zero-order valence-electron chi connectivity index (χ0n) is 10.1. The molecule has 1 aromatic rings. The summed E-state index contributed by atoms with van der Waals surface area (Å²) in [6, 6.07) is 3.44. The molecule has 1 heterocycles. The number of hydrogen-bond acceptors (Lipinski definition) is 4. The lowest BCUT2D eigenvalue weighted by Gasteiger charge is -2.19. The molecule has 0 aliphatic carbocycles. The number of rotatable bonds is 3. The van der Waals surface area contributed by atoms with Gasteiger partial charge in [0.2, 0.25) is 12.7 Å². The molecule has 1 aromatic carbocycles. The van der Waals surface area contributed by atoms with Gasteiger partial charge in [-0.25, -0.2) is 0 Å². The first-order valence-corrected chi connectivity index (χ1v) is 5.37. The van der Waals surface area contributed by atoms with Crippen molar-refractivity contribution in [1.82, 2.24) is 0 Å². The first-order chi connectivity index (χ1) is 8.49. The van der Waals surface area contributed by atoms with Crippen molar-refractivity contribution in [1.29, 1.82) is 0 Å². The van der Waals surface area contributed by atoms with Crippen molar-refractivity contribution < 1.29 is 24.2 Å². The predicted octanol–water partition coefficient (Wildman–Crippen LogP) is 1.16. The lowest BCUT2D eigenvalue weighted by atomic mass is 10.1. The molecule has 6 nitrogen and oxygen atoms in total. The Morgan fingerprint density at radius 1 is 1.33 bits per heavy atom. The molecule has 18 heavy (non-hydrogen) atoms. The zero-order chi connectivity index (χ0) is 13.3. The van der Waals surface area contributed by atoms with Gasteiger partial charge in [0.1, 0.15) is 6.42 Å². The number of carboxylic acid groups (broad SMARTS) is 1. The van der Waals surface area contributed by atoms with E-state index in [-0.39, 0.29) is 6.79 Å². The minimum absolute atomic E-state index is 0.158. The van der Waals surface area contributed by atoms with Crippen molar-refractivity contribution >= 4 is 17.6 Å². The second-order valence-electron chi connectivity index (χ2n) is 4.02. The maximum absolute atomic E-state index is 11.7. The Morgan fingerprint density at radius 2 is 1.94 bits per heavy atom. The molecule has 1 aliphatic heterocycles. The van der Waals surface area contributed by atoms with Crippen molar-refractivity contribution in [3.8, 4) is 11.5 Å². The second-order valence-corrected chi connectivity index (χ2v) is 4.02. The number of benzene rings is 1. The molecule has 0 spiro atoms. The van der Waals surface area contributed by atoms with E-state index in [0.29, 0.717) is 17.2 Å². The number of anilines is 1. The third-order valence-electron chi connectivity index (χ3n) is 2.73. The largest absolute Gasteiger partial charge is 0.481 e. The van der Waals surface area contributed by atoms with Gasteiger partial charge < -0.3 is 19.5 Å². The van der Waals surface area contributed by atoms with Gasteiger partial charge in [-0.1, -0.05) is 0 Å². The van der Waals surface area contributed by atoms with Crippen LogP contribution < -0.4 is 14.4 Å². The van der Waals surface area contributed by atoms with Crippen LogP contribution in [0.2, 0.25) is 0 Å². The average molecular weight is 251 g/mol. The molecule has 6 heteroatoms. The highest BCUT2D eigenvalue weighted by atomic mass is 16.7. The minimum atomic E-state index is -1.15. The van der Waals surface area contributed by atoms with Crippen LogP contribution >= 0.6 is 0 Å². The highest BCUT2D eigenvalue weighted by molar-refractivity contribution is 6.03. The molecule has 2 rings (SSSR count). The molecule has 0 saturated heterocycles. The third kappa shape index (κ3) is 2.22. The van der Waals surface area contributed by atoms with Gasteiger partial charge >= 0.3 is 5.97 Å². The number of carbonyl (C=O) groups is 2. The van der Waals surface area contributed by atoms with E-state index >= 15 is 0 Å². The molecule has 0 aromatic heterocycles. The average Bonchev–Trinajstić information content (AvgIpc) is 2.72. The predicted molar refractivity (Wildman–Crippen MR) is 63.0 cm³/mol. The molecule has 0 saturated carbocycles. The Bertz CT molecular complexity index is 511. The standard InChI is InChI=1S/C12H13NO5/c1-7-3-9-10(18-6-17-9)4-8(7)13(2)11(14)5-12(15)16/h3-4H,5-6H2,1-2H3,(H,15,16). The number of fused-ring (bicyclic) bond motifs is 1. The van der Waals surface area contributed by atoms with Gasteiger partial charge in [-0.3, -0.25) is 9.59 Å². The molecule has 1 amide bonds. The van der Waals surface area contributed by atoms with Crippen LogP contribution in [0.25, 0.3) is 0 Å². The first-order valence-electron chi connectivity index (χ1n) is 5.37. The highest BCUT2D eigenvalue weighted by Gasteiger charge is 2.21. The van der Waals surface area contributed by atoms with E-state index in [0.717, 1.165) is 5.56 Å². The molecule has 0 fully saturated rings. The number of carboxylic acids is 1. The summed E-state index contributed by atoms with van der Waals surface area (Å²) in [7, 11) is 1.54. The van der Waals surface area contributed by atoms with Crippen LogP contribution in [-0.2, 0) is 9.59 Å². The lowest BCUT2D eigenvalue weighted by Crippen LogP contribution is -2.28. The van der Waals surface area contributed by atoms with Gasteiger partial charge in [-0.15, -0.1) is 0 Å². The van der Waals surface area contributed by atoms with Crippen molar-refractivity contribution in [2.45, 2.75) is 13.3 Å². The number of carbonyl (C=O) groups excluding carboxylic acids is 1. The summed E-state index contributed by atoms with van der Waals surface area (Å²) in [5.74, 6) is -0.435. The number of hydrogen-bond donors (Lipinski definition) is 1. The molecule has 0 bridgehead atoms. The lowest BCUT2D eigenvalue weighted by molar-refractivity contribution is -0.140. The van der Waals surface area contributed by atoms with E-state index in [1.54, 1.807) is 12.1 Å². The normalized spacial score (nSPS) is 12.3. The number of amides is 1. The highest BCUT2D eigenvalue weighted by Crippen LogP contribution is 2.37. The summed E-state index contributed by atoms with van der Waals surface area (Å²) in [5.41, 5.74) is 1.44. The number of aliphatic carboxylic acids is 1. The minimum Gasteiger partial charge on any atom is -0.481 e. The van der Waals surface area contributed by atoms with E-state index in [4.69, 9.17) is 14.6 Å². The zero-order valence-corrected chi connectivity index (χ0v) is 10.1. The van der Waals surface area contributed by atoms with Crippen LogP contribution in [0.3, 0.4) is 0 Å². The molecule has 0 unspecified atom stereocenters.